The molecule has 39 heavy (non-hydrogen) atoms. The second-order valence-electron chi connectivity index (χ2n) is 9.26. The van der Waals surface area contributed by atoms with Gasteiger partial charge in [-0.25, -0.2) is 18.4 Å². The van der Waals surface area contributed by atoms with Gasteiger partial charge in [0.05, 0.1) is 52.3 Å². The predicted molar refractivity (Wildman–Crippen MR) is 145 cm³/mol. The van der Waals surface area contributed by atoms with Gasteiger partial charge in [-0.15, -0.1) is 0 Å². The molecule has 1 atom stereocenters. The topological polar surface area (TPSA) is 148 Å². The second-order valence-corrected chi connectivity index (χ2v) is 11.3. The van der Waals surface area contributed by atoms with Crippen molar-refractivity contribution in [2.75, 3.05) is 37.5 Å². The number of hydrogen-bond donors (Lipinski definition) is 2. The Morgan fingerprint density at radius 3 is 2.79 bits per heavy atom. The molecule has 1 fully saturated rings. The van der Waals surface area contributed by atoms with Crippen molar-refractivity contribution in [2.24, 2.45) is 0 Å². The van der Waals surface area contributed by atoms with E-state index in [1.807, 2.05) is 30.3 Å². The number of morpholine rings is 1. The predicted octanol–water partition coefficient (Wildman–Crippen LogP) is 2.01. The van der Waals surface area contributed by atoms with E-state index in [-0.39, 0.29) is 29.7 Å². The molecule has 11 nitrogen and oxygen atoms in total. The lowest BCUT2D eigenvalue weighted by Crippen LogP contribution is -2.43. The molecule has 1 saturated heterocycles. The summed E-state index contributed by atoms with van der Waals surface area (Å²) in [5, 5.41) is 12.8. The maximum absolute atomic E-state index is 12.6. The first-order valence-corrected chi connectivity index (χ1v) is 14.3. The fraction of sp³-hybridized carbons (Fsp3) is 0.296. The van der Waals surface area contributed by atoms with Crippen molar-refractivity contribution in [1.29, 1.82) is 0 Å². The number of rotatable bonds is 8. The van der Waals surface area contributed by atoms with Crippen LogP contribution in [0.15, 0.2) is 66.0 Å². The Morgan fingerprint density at radius 2 is 1.97 bits per heavy atom. The third kappa shape index (κ3) is 6.36. The molecule has 4 aromatic heterocycles. The molecule has 202 valence electrons. The average molecular weight is 549 g/mol. The highest BCUT2D eigenvalue weighted by Crippen LogP contribution is 2.24. The third-order valence-corrected chi connectivity index (χ3v) is 7.45. The molecule has 5 heterocycles. The van der Waals surface area contributed by atoms with E-state index in [1.165, 1.54) is 18.5 Å². The number of carbonyl (C=O) groups is 1. The summed E-state index contributed by atoms with van der Waals surface area (Å²) < 4.78 is 29.3. The van der Waals surface area contributed by atoms with Gasteiger partial charge in [-0.3, -0.25) is 14.8 Å². The molecule has 4 aromatic rings. The van der Waals surface area contributed by atoms with Gasteiger partial charge < -0.3 is 20.1 Å². The van der Waals surface area contributed by atoms with E-state index in [1.54, 1.807) is 12.3 Å². The van der Waals surface area contributed by atoms with E-state index in [9.17, 15) is 18.3 Å². The Morgan fingerprint density at radius 1 is 1.13 bits per heavy atom. The van der Waals surface area contributed by atoms with Crippen molar-refractivity contribution >= 4 is 32.5 Å². The van der Waals surface area contributed by atoms with Crippen molar-refractivity contribution < 1.29 is 23.1 Å². The number of aliphatic hydroxyl groups excluding tert-OH is 1. The first-order valence-electron chi connectivity index (χ1n) is 12.4. The zero-order chi connectivity index (χ0) is 27.4. The van der Waals surface area contributed by atoms with Crippen LogP contribution in [-0.2, 0) is 21.1 Å². The number of fused-ring (bicyclic) bond motifs is 1. The molecule has 1 amide bonds. The van der Waals surface area contributed by atoms with Crippen molar-refractivity contribution in [3.63, 3.8) is 0 Å². The molecule has 0 unspecified atom stereocenters. The van der Waals surface area contributed by atoms with Gasteiger partial charge in [0.25, 0.3) is 5.91 Å². The van der Waals surface area contributed by atoms with Gasteiger partial charge in [0.1, 0.15) is 5.82 Å². The Labute approximate surface area is 225 Å². The zero-order valence-corrected chi connectivity index (χ0v) is 22.1. The van der Waals surface area contributed by atoms with Gasteiger partial charge in [-0.2, -0.15) is 0 Å². The molecule has 0 aliphatic carbocycles. The van der Waals surface area contributed by atoms with Crippen LogP contribution in [0, 0.1) is 0 Å². The van der Waals surface area contributed by atoms with E-state index < -0.39 is 15.7 Å². The van der Waals surface area contributed by atoms with E-state index in [2.05, 4.69) is 20.2 Å². The molecule has 12 heteroatoms. The highest BCUT2D eigenvalue weighted by molar-refractivity contribution is 7.90. The molecule has 1 aliphatic rings. The maximum Gasteiger partial charge on any atom is 0.253 e. The standard InChI is InChI=1S/C27H28N6O5S/c1-39(36,37)22-11-19(13-28-16-22)27(35)30-15-20-12-25-18(14-29-20)5-6-24(31-25)23-3-2-4-26(32-23)33-8-10-38-21(17-33)7-9-34/h2-6,11-14,16,21,34H,7-10,15,17H2,1H3,(H,30,35)/t21-/m1/s1. The van der Waals surface area contributed by atoms with Crippen LogP contribution in [0.5, 0.6) is 0 Å². The lowest BCUT2D eigenvalue weighted by Gasteiger charge is -2.33. The van der Waals surface area contributed by atoms with Crippen LogP contribution in [-0.4, -0.2) is 78.0 Å². The summed E-state index contributed by atoms with van der Waals surface area (Å²) in [6, 6.07) is 12.7. The second kappa shape index (κ2) is 11.4. The minimum atomic E-state index is -3.48. The van der Waals surface area contributed by atoms with Gasteiger partial charge in [0.2, 0.25) is 0 Å². The first-order chi connectivity index (χ1) is 18.8. The van der Waals surface area contributed by atoms with Crippen LogP contribution < -0.4 is 10.2 Å². The fourth-order valence-corrected chi connectivity index (χ4v) is 4.90. The number of nitrogens with one attached hydrogen (secondary N) is 1. The molecule has 0 bridgehead atoms. The van der Waals surface area contributed by atoms with Gasteiger partial charge in [-0.1, -0.05) is 6.07 Å². The summed E-state index contributed by atoms with van der Waals surface area (Å²) in [7, 11) is -3.48. The summed E-state index contributed by atoms with van der Waals surface area (Å²) in [4.78, 5) is 32.6. The first kappa shape index (κ1) is 26.6. The highest BCUT2D eigenvalue weighted by Gasteiger charge is 2.21. The minimum absolute atomic E-state index is 0.0213. The van der Waals surface area contributed by atoms with Crippen LogP contribution in [0.1, 0.15) is 22.5 Å². The number of nitrogens with zero attached hydrogens (tertiary/aromatic N) is 5. The zero-order valence-electron chi connectivity index (χ0n) is 21.3. The highest BCUT2D eigenvalue weighted by atomic mass is 32.2. The summed E-state index contributed by atoms with van der Waals surface area (Å²) in [6.45, 7) is 2.18. The van der Waals surface area contributed by atoms with Crippen molar-refractivity contribution in [3.05, 3.63) is 72.3 Å². The molecular formula is C27H28N6O5S. The Balaban J connectivity index is 1.32. The molecule has 0 radical (unpaired) electrons. The normalized spacial score (nSPS) is 15.8. The number of aliphatic hydroxyl groups is 1. The summed E-state index contributed by atoms with van der Waals surface area (Å²) >= 11 is 0. The number of carbonyl (C=O) groups excluding carboxylic acids is 1. The Kier molecular flexibility index (Phi) is 7.77. The number of hydrogen-bond acceptors (Lipinski definition) is 10. The molecule has 2 N–H and O–H groups in total. The van der Waals surface area contributed by atoms with Crippen LogP contribution >= 0.6 is 0 Å². The minimum Gasteiger partial charge on any atom is -0.396 e. The smallest absolute Gasteiger partial charge is 0.253 e. The average Bonchev–Trinajstić information content (AvgIpc) is 2.95. The van der Waals surface area contributed by atoms with E-state index in [4.69, 9.17) is 14.7 Å². The van der Waals surface area contributed by atoms with Crippen LogP contribution in [0.25, 0.3) is 22.3 Å². The van der Waals surface area contributed by atoms with E-state index >= 15 is 0 Å². The van der Waals surface area contributed by atoms with Crippen molar-refractivity contribution in [1.82, 2.24) is 25.3 Å². The van der Waals surface area contributed by atoms with Crippen molar-refractivity contribution in [3.8, 4) is 11.4 Å². The fourth-order valence-electron chi connectivity index (χ4n) is 4.30. The molecular weight excluding hydrogens is 520 g/mol. The number of anilines is 1. The molecule has 0 aromatic carbocycles. The SMILES string of the molecule is CS(=O)(=O)c1cncc(C(=O)NCc2cc3nc(-c4cccc(N5CCO[C@H](CCO)C5)n4)ccc3cn2)c1. The molecule has 5 rings (SSSR count). The summed E-state index contributed by atoms with van der Waals surface area (Å²) in [5.74, 6) is 0.371. The van der Waals surface area contributed by atoms with Crippen LogP contribution in [0.4, 0.5) is 5.82 Å². The Bertz CT molecular complexity index is 1610. The quantitative estimate of drug-likeness (QED) is 0.335. The number of ether oxygens (including phenoxy) is 1. The van der Waals surface area contributed by atoms with Gasteiger partial charge >= 0.3 is 0 Å². The summed E-state index contributed by atoms with van der Waals surface area (Å²) in [5.41, 5.74) is 2.87. The van der Waals surface area contributed by atoms with Gasteiger partial charge in [0.15, 0.2) is 9.84 Å². The lowest BCUT2D eigenvalue weighted by molar-refractivity contribution is 0.0244. The summed E-state index contributed by atoms with van der Waals surface area (Å²) in [6.07, 6.45) is 5.84. The van der Waals surface area contributed by atoms with Crippen molar-refractivity contribution in [2.45, 2.75) is 24.0 Å². The molecule has 0 spiro atoms. The number of aromatic nitrogens is 4. The van der Waals surface area contributed by atoms with Gasteiger partial charge in [-0.05, 0) is 42.8 Å². The molecule has 1 aliphatic heterocycles. The molecule has 0 saturated carbocycles. The number of amides is 1. The van der Waals surface area contributed by atoms with Gasteiger partial charge in [0, 0.05) is 49.9 Å². The van der Waals surface area contributed by atoms with Crippen LogP contribution in [0.2, 0.25) is 0 Å². The number of sulfone groups is 1. The lowest BCUT2D eigenvalue weighted by atomic mass is 10.1. The van der Waals surface area contributed by atoms with E-state index in [0.29, 0.717) is 36.5 Å². The maximum atomic E-state index is 12.6. The van der Waals surface area contributed by atoms with Crippen LogP contribution in [0.3, 0.4) is 0 Å². The third-order valence-electron chi connectivity index (χ3n) is 6.37. The largest absolute Gasteiger partial charge is 0.396 e. The Hall–Kier alpha value is -4.00. The van der Waals surface area contributed by atoms with E-state index in [0.717, 1.165) is 29.7 Å². The number of pyridine rings is 4. The monoisotopic (exact) mass is 548 g/mol.